The number of nitrogens with zero attached hydrogens (tertiary/aromatic N) is 4. The third-order valence-electron chi connectivity index (χ3n) is 6.81. The molecule has 1 saturated heterocycles. The van der Waals surface area contributed by atoms with Crippen molar-refractivity contribution in [3.63, 3.8) is 0 Å². The number of pyridine rings is 1. The monoisotopic (exact) mass is 612 g/mol. The maximum absolute atomic E-state index is 13.9. The first-order chi connectivity index (χ1) is 20.3. The normalized spacial score (nSPS) is 19.3. The second kappa shape index (κ2) is 12.2. The van der Waals surface area contributed by atoms with E-state index in [0.717, 1.165) is 4.90 Å². The average Bonchev–Trinajstić information content (AvgIpc) is 3.30. The number of ether oxygens (including phenoxy) is 4. The summed E-state index contributed by atoms with van der Waals surface area (Å²) in [5.41, 5.74) is -0.649. The number of aromatic nitrogens is 2. The predicted octanol–water partition coefficient (Wildman–Crippen LogP) is 5.83. The van der Waals surface area contributed by atoms with Crippen LogP contribution in [0.4, 0.5) is 14.4 Å². The van der Waals surface area contributed by atoms with E-state index in [-0.39, 0.29) is 25.3 Å². The Kier molecular flexibility index (Phi) is 9.16. The van der Waals surface area contributed by atoms with Gasteiger partial charge in [0, 0.05) is 42.7 Å². The third kappa shape index (κ3) is 7.96. The fourth-order valence-corrected chi connectivity index (χ4v) is 5.21. The summed E-state index contributed by atoms with van der Waals surface area (Å²) in [5, 5.41) is 0. The molecule has 0 aliphatic carbocycles. The van der Waals surface area contributed by atoms with Crippen LogP contribution in [-0.4, -0.2) is 92.7 Å². The topological polar surface area (TPSA) is 129 Å². The summed E-state index contributed by atoms with van der Waals surface area (Å²) in [6.07, 6.45) is 1.12. The standard InChI is InChI=1S/C32H44N4O8/c1-30(2,3)42-27(38)34-14-15-41-22(19-34)16-21-18-35(28(39)43-31(4,5)6)26(37)23-17-24(20-10-12-33-13-11-20)36(25(21)23)29(40)44-32(7,8)9/h10-13,17,21-22H,14-16,18-19H2,1-9H3/t21?,22-/m1/s1. The van der Waals surface area contributed by atoms with E-state index in [9.17, 15) is 19.2 Å². The largest absolute Gasteiger partial charge is 0.444 e. The second-order valence-electron chi connectivity index (χ2n) is 14.1. The fourth-order valence-electron chi connectivity index (χ4n) is 5.21. The van der Waals surface area contributed by atoms with Gasteiger partial charge in [0.2, 0.25) is 0 Å². The van der Waals surface area contributed by atoms with Crippen molar-refractivity contribution >= 4 is 24.2 Å². The molecule has 1 fully saturated rings. The summed E-state index contributed by atoms with van der Waals surface area (Å²) >= 11 is 0. The summed E-state index contributed by atoms with van der Waals surface area (Å²) in [6.45, 7) is 16.7. The van der Waals surface area contributed by atoms with Crippen LogP contribution >= 0.6 is 0 Å². The van der Waals surface area contributed by atoms with Crippen LogP contribution in [-0.2, 0) is 18.9 Å². The SMILES string of the molecule is CC(C)(C)OC(=O)N1CCO[C@H](CC2CN(C(=O)OC(C)(C)C)C(=O)c3cc(-c4ccncc4)n(C(=O)OC(C)(C)C)c32)C1. The van der Waals surface area contributed by atoms with Gasteiger partial charge in [-0.25, -0.2) is 23.9 Å². The number of morpholine rings is 1. The van der Waals surface area contributed by atoms with Gasteiger partial charge in [0.25, 0.3) is 5.91 Å². The Morgan fingerprint density at radius 1 is 0.864 bits per heavy atom. The Labute approximate surface area is 258 Å². The Morgan fingerprint density at radius 3 is 2.02 bits per heavy atom. The van der Waals surface area contributed by atoms with Crippen LogP contribution < -0.4 is 0 Å². The molecule has 2 aliphatic heterocycles. The zero-order valence-electron chi connectivity index (χ0n) is 27.1. The van der Waals surface area contributed by atoms with Gasteiger partial charge in [-0.05, 0) is 86.9 Å². The van der Waals surface area contributed by atoms with Crippen LogP contribution in [0.15, 0.2) is 30.6 Å². The highest BCUT2D eigenvalue weighted by Gasteiger charge is 2.43. The van der Waals surface area contributed by atoms with Gasteiger partial charge in [0.15, 0.2) is 0 Å². The molecule has 44 heavy (non-hydrogen) atoms. The maximum Gasteiger partial charge on any atom is 0.419 e. The number of carbonyl (C=O) groups is 4. The van der Waals surface area contributed by atoms with Crippen molar-refractivity contribution in [2.45, 2.75) is 97.6 Å². The fraction of sp³-hybridized carbons (Fsp3) is 0.594. The number of imide groups is 1. The van der Waals surface area contributed by atoms with E-state index >= 15 is 0 Å². The molecule has 240 valence electrons. The quantitative estimate of drug-likeness (QED) is 0.393. The van der Waals surface area contributed by atoms with Crippen molar-refractivity contribution in [2.24, 2.45) is 0 Å². The van der Waals surface area contributed by atoms with E-state index in [0.29, 0.717) is 29.9 Å². The van der Waals surface area contributed by atoms with Crippen LogP contribution in [0.5, 0.6) is 0 Å². The Hall–Kier alpha value is -3.93. The minimum Gasteiger partial charge on any atom is -0.444 e. The molecule has 0 N–H and O–H groups in total. The molecule has 1 unspecified atom stereocenters. The molecule has 0 spiro atoms. The van der Waals surface area contributed by atoms with Gasteiger partial charge in [-0.1, -0.05) is 0 Å². The van der Waals surface area contributed by atoms with Crippen molar-refractivity contribution in [1.29, 1.82) is 0 Å². The van der Waals surface area contributed by atoms with Crippen molar-refractivity contribution in [2.75, 3.05) is 26.2 Å². The lowest BCUT2D eigenvalue weighted by Gasteiger charge is -2.38. The summed E-state index contributed by atoms with van der Waals surface area (Å²) in [4.78, 5) is 60.6. The van der Waals surface area contributed by atoms with Crippen LogP contribution in [0.1, 0.15) is 90.7 Å². The van der Waals surface area contributed by atoms with Crippen LogP contribution in [0.25, 0.3) is 11.3 Å². The summed E-state index contributed by atoms with van der Waals surface area (Å²) in [7, 11) is 0. The lowest BCUT2D eigenvalue weighted by Crippen LogP contribution is -2.50. The van der Waals surface area contributed by atoms with Crippen molar-refractivity contribution in [1.82, 2.24) is 19.4 Å². The van der Waals surface area contributed by atoms with E-state index in [4.69, 9.17) is 18.9 Å². The van der Waals surface area contributed by atoms with Gasteiger partial charge in [0.05, 0.1) is 30.5 Å². The number of rotatable bonds is 3. The van der Waals surface area contributed by atoms with Gasteiger partial charge in [-0.3, -0.25) is 9.78 Å². The molecule has 2 aromatic heterocycles. The van der Waals surface area contributed by atoms with Crippen molar-refractivity contribution in [3.05, 3.63) is 41.9 Å². The first-order valence-electron chi connectivity index (χ1n) is 14.9. The lowest BCUT2D eigenvalue weighted by atomic mass is 9.90. The second-order valence-corrected chi connectivity index (χ2v) is 14.1. The van der Waals surface area contributed by atoms with E-state index in [1.54, 1.807) is 97.8 Å². The Morgan fingerprint density at radius 2 is 1.43 bits per heavy atom. The minimum atomic E-state index is -0.835. The highest BCUT2D eigenvalue weighted by atomic mass is 16.6. The first kappa shape index (κ1) is 33.0. The Bertz CT molecular complexity index is 1400. The van der Waals surface area contributed by atoms with E-state index in [2.05, 4.69) is 4.98 Å². The number of amides is 3. The number of fused-ring (bicyclic) bond motifs is 1. The molecule has 2 atom stereocenters. The van der Waals surface area contributed by atoms with Gasteiger partial charge >= 0.3 is 18.3 Å². The zero-order chi connectivity index (χ0) is 32.6. The third-order valence-corrected chi connectivity index (χ3v) is 6.81. The van der Waals surface area contributed by atoms with E-state index < -0.39 is 53.0 Å². The number of hydrogen-bond acceptors (Lipinski definition) is 9. The van der Waals surface area contributed by atoms with Gasteiger partial charge in [0.1, 0.15) is 16.8 Å². The molecule has 4 rings (SSSR count). The predicted molar refractivity (Wildman–Crippen MR) is 161 cm³/mol. The molecule has 2 aliphatic rings. The van der Waals surface area contributed by atoms with Gasteiger partial charge in [-0.2, -0.15) is 0 Å². The van der Waals surface area contributed by atoms with Crippen LogP contribution in [0.2, 0.25) is 0 Å². The molecule has 0 bridgehead atoms. The molecule has 4 heterocycles. The molecule has 12 heteroatoms. The summed E-state index contributed by atoms with van der Waals surface area (Å²) in [6, 6.07) is 5.07. The van der Waals surface area contributed by atoms with Gasteiger partial charge < -0.3 is 23.8 Å². The number of carbonyl (C=O) groups excluding carboxylic acids is 4. The minimum absolute atomic E-state index is 0.0599. The molecule has 0 aromatic carbocycles. The van der Waals surface area contributed by atoms with Crippen molar-refractivity contribution in [3.8, 4) is 11.3 Å². The smallest absolute Gasteiger partial charge is 0.419 e. The highest BCUT2D eigenvalue weighted by molar-refractivity contribution is 6.07. The molecular weight excluding hydrogens is 568 g/mol. The zero-order valence-corrected chi connectivity index (χ0v) is 27.1. The van der Waals surface area contributed by atoms with Crippen LogP contribution in [0.3, 0.4) is 0 Å². The molecular formula is C32H44N4O8. The summed E-state index contributed by atoms with van der Waals surface area (Å²) < 4.78 is 24.5. The number of hydrogen-bond donors (Lipinski definition) is 0. The van der Waals surface area contributed by atoms with Crippen LogP contribution in [0, 0.1) is 0 Å². The first-order valence-corrected chi connectivity index (χ1v) is 14.9. The summed E-state index contributed by atoms with van der Waals surface area (Å²) in [5.74, 6) is -1.13. The highest BCUT2D eigenvalue weighted by Crippen LogP contribution is 2.39. The average molecular weight is 613 g/mol. The van der Waals surface area contributed by atoms with E-state index in [1.165, 1.54) is 4.57 Å². The van der Waals surface area contributed by atoms with Crippen molar-refractivity contribution < 1.29 is 38.1 Å². The lowest BCUT2D eigenvalue weighted by molar-refractivity contribution is -0.0478. The Balaban J connectivity index is 1.79. The molecule has 12 nitrogen and oxygen atoms in total. The molecule has 0 saturated carbocycles. The van der Waals surface area contributed by atoms with Gasteiger partial charge in [-0.15, -0.1) is 0 Å². The molecule has 2 aromatic rings. The maximum atomic E-state index is 13.9. The molecule has 3 amide bonds. The van der Waals surface area contributed by atoms with E-state index in [1.807, 2.05) is 0 Å². The molecule has 0 radical (unpaired) electrons.